The van der Waals surface area contributed by atoms with Crippen molar-refractivity contribution >= 4 is 11.9 Å². The molecule has 0 aliphatic heterocycles. The number of rotatable bonds is 6. The lowest BCUT2D eigenvalue weighted by atomic mass is 10.0. The van der Waals surface area contributed by atoms with Gasteiger partial charge in [-0.1, -0.05) is 48.5 Å². The number of hydrogen-bond donors (Lipinski definition) is 1. The van der Waals surface area contributed by atoms with Crippen LogP contribution in [0.15, 0.2) is 97.1 Å². The first kappa shape index (κ1) is 23.8. The summed E-state index contributed by atoms with van der Waals surface area (Å²) in [6, 6.07) is 28.8. The Bertz CT molecular complexity index is 1310. The zero-order valence-corrected chi connectivity index (χ0v) is 19.8. The zero-order valence-electron chi connectivity index (χ0n) is 19.8. The number of carbonyl (C=O) groups is 2. The van der Waals surface area contributed by atoms with Crippen LogP contribution in [0.2, 0.25) is 0 Å². The fourth-order valence-corrected chi connectivity index (χ4v) is 3.55. The molecule has 0 fully saturated rings. The third-order valence-corrected chi connectivity index (χ3v) is 5.26. The number of aromatic carboxylic acids is 1. The maximum Gasteiger partial charge on any atom is 0.343 e. The van der Waals surface area contributed by atoms with Gasteiger partial charge in [0.25, 0.3) is 0 Å². The largest absolute Gasteiger partial charge is 0.488 e. The average molecular weight is 467 g/mol. The van der Waals surface area contributed by atoms with Crippen molar-refractivity contribution in [3.05, 3.63) is 108 Å². The van der Waals surface area contributed by atoms with Crippen molar-refractivity contribution in [2.75, 3.05) is 0 Å². The topological polar surface area (TPSA) is 72.8 Å². The molecule has 35 heavy (non-hydrogen) atoms. The van der Waals surface area contributed by atoms with E-state index in [1.54, 1.807) is 48.5 Å². The number of carboxylic acids is 1. The Labute approximate surface area is 204 Å². The monoisotopic (exact) mass is 466 g/mol. The Morgan fingerprint density at radius 2 is 0.943 bits per heavy atom. The lowest BCUT2D eigenvalue weighted by Crippen LogP contribution is -2.22. The SMILES string of the molecule is CC(C)(C)Oc1ccc(-c2ccc(C(=O)Oc3ccc(-c4ccc(C(=O)O)cc4)cc3)cc2)cc1. The van der Waals surface area contributed by atoms with Gasteiger partial charge in [-0.2, -0.15) is 0 Å². The number of hydrogen-bond acceptors (Lipinski definition) is 4. The van der Waals surface area contributed by atoms with Crippen LogP contribution in [0.25, 0.3) is 22.3 Å². The molecule has 0 radical (unpaired) electrons. The normalized spacial score (nSPS) is 11.1. The zero-order chi connectivity index (χ0) is 25.0. The van der Waals surface area contributed by atoms with E-state index in [1.165, 1.54) is 0 Å². The number of esters is 1. The highest BCUT2D eigenvalue weighted by Crippen LogP contribution is 2.26. The van der Waals surface area contributed by atoms with Crippen LogP contribution in [-0.4, -0.2) is 22.6 Å². The number of benzene rings is 4. The summed E-state index contributed by atoms with van der Waals surface area (Å²) in [6.45, 7) is 6.03. The Morgan fingerprint density at radius 3 is 1.34 bits per heavy atom. The Hall–Kier alpha value is -4.38. The van der Waals surface area contributed by atoms with Crippen molar-refractivity contribution in [2.24, 2.45) is 0 Å². The van der Waals surface area contributed by atoms with Crippen LogP contribution in [0.5, 0.6) is 11.5 Å². The van der Waals surface area contributed by atoms with Gasteiger partial charge in [0.05, 0.1) is 11.1 Å². The molecule has 0 amide bonds. The van der Waals surface area contributed by atoms with Crippen LogP contribution in [0.1, 0.15) is 41.5 Å². The lowest BCUT2D eigenvalue weighted by Gasteiger charge is -2.21. The van der Waals surface area contributed by atoms with E-state index < -0.39 is 11.9 Å². The lowest BCUT2D eigenvalue weighted by molar-refractivity contribution is 0.0694. The molecule has 0 bridgehead atoms. The van der Waals surface area contributed by atoms with Crippen LogP contribution >= 0.6 is 0 Å². The molecule has 5 nitrogen and oxygen atoms in total. The maximum absolute atomic E-state index is 12.6. The number of carboxylic acid groups (broad SMARTS) is 1. The van der Waals surface area contributed by atoms with Crippen LogP contribution in [0.3, 0.4) is 0 Å². The molecule has 0 aromatic heterocycles. The molecule has 4 aromatic carbocycles. The highest BCUT2D eigenvalue weighted by atomic mass is 16.5. The third kappa shape index (κ3) is 6.15. The summed E-state index contributed by atoms with van der Waals surface area (Å²) in [5, 5.41) is 9.02. The van der Waals surface area contributed by atoms with E-state index in [1.807, 2.05) is 69.3 Å². The maximum atomic E-state index is 12.6. The summed E-state index contributed by atoms with van der Waals surface area (Å²) in [4.78, 5) is 23.6. The summed E-state index contributed by atoms with van der Waals surface area (Å²) in [5.41, 5.74) is 4.22. The molecule has 5 heteroatoms. The van der Waals surface area contributed by atoms with Gasteiger partial charge < -0.3 is 14.6 Å². The molecule has 0 spiro atoms. The first-order valence-corrected chi connectivity index (χ1v) is 11.2. The van der Waals surface area contributed by atoms with Crippen LogP contribution < -0.4 is 9.47 Å². The van der Waals surface area contributed by atoms with Crippen molar-refractivity contribution < 1.29 is 24.2 Å². The molecular weight excluding hydrogens is 440 g/mol. The predicted octanol–water partition coefficient (Wildman–Crippen LogP) is 7.12. The third-order valence-electron chi connectivity index (χ3n) is 5.26. The summed E-state index contributed by atoms with van der Waals surface area (Å²) >= 11 is 0. The van der Waals surface area contributed by atoms with E-state index in [0.717, 1.165) is 28.0 Å². The van der Waals surface area contributed by atoms with Crippen molar-refractivity contribution in [1.29, 1.82) is 0 Å². The van der Waals surface area contributed by atoms with E-state index in [0.29, 0.717) is 11.3 Å². The first-order chi connectivity index (χ1) is 16.7. The van der Waals surface area contributed by atoms with Crippen LogP contribution in [0, 0.1) is 0 Å². The molecule has 0 unspecified atom stereocenters. The van der Waals surface area contributed by atoms with Gasteiger partial charge in [0.15, 0.2) is 0 Å². The van der Waals surface area contributed by atoms with E-state index in [2.05, 4.69) is 0 Å². The van der Waals surface area contributed by atoms with Gasteiger partial charge in [-0.05, 0) is 91.6 Å². The van der Waals surface area contributed by atoms with E-state index in [9.17, 15) is 9.59 Å². The smallest absolute Gasteiger partial charge is 0.343 e. The molecule has 4 rings (SSSR count). The second-order valence-corrected chi connectivity index (χ2v) is 9.11. The van der Waals surface area contributed by atoms with Crippen molar-refractivity contribution in [2.45, 2.75) is 26.4 Å². The Morgan fingerprint density at radius 1 is 0.571 bits per heavy atom. The molecule has 1 N–H and O–H groups in total. The fourth-order valence-electron chi connectivity index (χ4n) is 3.55. The van der Waals surface area contributed by atoms with Gasteiger partial charge in [0, 0.05) is 0 Å². The highest BCUT2D eigenvalue weighted by molar-refractivity contribution is 5.92. The van der Waals surface area contributed by atoms with E-state index in [-0.39, 0.29) is 11.2 Å². The molecule has 0 aliphatic carbocycles. The highest BCUT2D eigenvalue weighted by Gasteiger charge is 2.12. The molecule has 0 saturated carbocycles. The minimum atomic E-state index is -0.963. The van der Waals surface area contributed by atoms with E-state index in [4.69, 9.17) is 14.6 Å². The second-order valence-electron chi connectivity index (χ2n) is 9.11. The average Bonchev–Trinajstić information content (AvgIpc) is 2.84. The molecule has 0 saturated heterocycles. The molecule has 0 atom stereocenters. The standard InChI is InChI=1S/C30H26O5/c1-30(2,3)35-27-18-14-23(15-19-27)21-6-10-25(11-7-21)29(33)34-26-16-12-22(13-17-26)20-4-8-24(9-5-20)28(31)32/h4-19H,1-3H3,(H,31,32). The van der Waals surface area contributed by atoms with Gasteiger partial charge >= 0.3 is 11.9 Å². The second kappa shape index (κ2) is 9.85. The fraction of sp³-hybridized carbons (Fsp3) is 0.133. The van der Waals surface area contributed by atoms with Gasteiger partial charge in [-0.3, -0.25) is 0 Å². The number of carbonyl (C=O) groups excluding carboxylic acids is 1. The Kier molecular flexibility index (Phi) is 6.69. The van der Waals surface area contributed by atoms with E-state index >= 15 is 0 Å². The summed E-state index contributed by atoms with van der Waals surface area (Å²) < 4.78 is 11.4. The molecule has 0 heterocycles. The Balaban J connectivity index is 1.39. The van der Waals surface area contributed by atoms with Gasteiger partial charge in [-0.15, -0.1) is 0 Å². The molecule has 0 aliphatic rings. The summed E-state index contributed by atoms with van der Waals surface area (Å²) in [5.74, 6) is -0.163. The molecular formula is C30H26O5. The van der Waals surface area contributed by atoms with Crippen molar-refractivity contribution in [3.63, 3.8) is 0 Å². The van der Waals surface area contributed by atoms with Crippen LogP contribution in [0.4, 0.5) is 0 Å². The minimum absolute atomic E-state index is 0.233. The quantitative estimate of drug-likeness (QED) is 0.242. The summed E-state index contributed by atoms with van der Waals surface area (Å²) in [7, 11) is 0. The molecule has 4 aromatic rings. The van der Waals surface area contributed by atoms with Gasteiger partial charge in [0.2, 0.25) is 0 Å². The van der Waals surface area contributed by atoms with Crippen LogP contribution in [-0.2, 0) is 0 Å². The minimum Gasteiger partial charge on any atom is -0.488 e. The summed E-state index contributed by atoms with van der Waals surface area (Å²) in [6.07, 6.45) is 0. The number of ether oxygens (including phenoxy) is 2. The van der Waals surface area contributed by atoms with Gasteiger partial charge in [0.1, 0.15) is 17.1 Å². The van der Waals surface area contributed by atoms with Gasteiger partial charge in [-0.25, -0.2) is 9.59 Å². The first-order valence-electron chi connectivity index (χ1n) is 11.2. The van der Waals surface area contributed by atoms with Crippen molar-refractivity contribution in [1.82, 2.24) is 0 Å². The molecule has 176 valence electrons. The van der Waals surface area contributed by atoms with Crippen molar-refractivity contribution in [3.8, 4) is 33.8 Å². The predicted molar refractivity (Wildman–Crippen MR) is 136 cm³/mol.